The van der Waals surface area contributed by atoms with Crippen LogP contribution >= 0.6 is 0 Å². The van der Waals surface area contributed by atoms with Crippen molar-refractivity contribution in [1.82, 2.24) is 10.0 Å². The third-order valence-corrected chi connectivity index (χ3v) is 3.59. The van der Waals surface area contributed by atoms with Gasteiger partial charge in [0.05, 0.1) is 17.6 Å². The molecule has 1 aliphatic rings. The van der Waals surface area contributed by atoms with E-state index in [1.54, 1.807) is 0 Å². The molecule has 2 rings (SSSR count). The highest BCUT2D eigenvalue weighted by molar-refractivity contribution is 7.88. The van der Waals surface area contributed by atoms with Gasteiger partial charge in [-0.05, 0) is 12.1 Å². The molecule has 0 fully saturated rings. The zero-order valence-electron chi connectivity index (χ0n) is 11.1. The van der Waals surface area contributed by atoms with E-state index in [1.165, 1.54) is 0 Å². The number of rotatable bonds is 5. The van der Waals surface area contributed by atoms with Gasteiger partial charge in [0.1, 0.15) is 6.04 Å². The molecule has 1 unspecified atom stereocenters. The number of hydrogen-bond donors (Lipinski definition) is 4. The Balaban J connectivity index is 1.80. The Bertz CT molecular complexity index is 588. The van der Waals surface area contributed by atoms with Crippen molar-refractivity contribution in [3.8, 4) is 0 Å². The summed E-state index contributed by atoms with van der Waals surface area (Å²) >= 11 is 0. The second kappa shape index (κ2) is 6.10. The van der Waals surface area contributed by atoms with Crippen LogP contribution in [0.5, 0.6) is 0 Å². The van der Waals surface area contributed by atoms with Gasteiger partial charge in [-0.15, -0.1) is 0 Å². The van der Waals surface area contributed by atoms with Gasteiger partial charge in [-0.2, -0.15) is 0 Å². The molecule has 20 heavy (non-hydrogen) atoms. The highest BCUT2D eigenvalue weighted by atomic mass is 32.2. The molecule has 0 aliphatic carbocycles. The summed E-state index contributed by atoms with van der Waals surface area (Å²) in [6.07, 6.45) is 1.08. The van der Waals surface area contributed by atoms with Crippen LogP contribution in [0.15, 0.2) is 24.3 Å². The molecule has 0 saturated carbocycles. The summed E-state index contributed by atoms with van der Waals surface area (Å²) in [5.41, 5.74) is 1.85. The third-order valence-electron chi connectivity index (χ3n) is 2.86. The second-order valence-electron chi connectivity index (χ2n) is 4.58. The fraction of sp³-hybridized carbons (Fsp3) is 0.417. The lowest BCUT2D eigenvalue weighted by molar-refractivity contribution is -0.121. The first-order chi connectivity index (χ1) is 9.46. The van der Waals surface area contributed by atoms with Crippen LogP contribution in [0.4, 0.5) is 11.4 Å². The first-order valence-electron chi connectivity index (χ1n) is 6.27. The van der Waals surface area contributed by atoms with E-state index in [2.05, 4.69) is 20.7 Å². The molecule has 7 nitrogen and oxygen atoms in total. The van der Waals surface area contributed by atoms with Crippen LogP contribution in [-0.2, 0) is 14.8 Å². The number of carbonyl (C=O) groups excluding carboxylic acids is 1. The van der Waals surface area contributed by atoms with E-state index >= 15 is 0 Å². The Morgan fingerprint density at radius 2 is 2.00 bits per heavy atom. The minimum absolute atomic E-state index is 0.165. The number of carbonyl (C=O) groups is 1. The molecule has 0 spiro atoms. The van der Waals surface area contributed by atoms with Crippen molar-refractivity contribution in [2.24, 2.45) is 0 Å². The molecule has 0 aromatic heterocycles. The van der Waals surface area contributed by atoms with Gasteiger partial charge in [-0.25, -0.2) is 13.1 Å². The molecule has 1 amide bonds. The van der Waals surface area contributed by atoms with E-state index in [-0.39, 0.29) is 25.0 Å². The molecule has 1 aromatic rings. The van der Waals surface area contributed by atoms with Crippen molar-refractivity contribution in [1.29, 1.82) is 0 Å². The lowest BCUT2D eigenvalue weighted by Gasteiger charge is -2.27. The van der Waals surface area contributed by atoms with Gasteiger partial charge < -0.3 is 16.0 Å². The smallest absolute Gasteiger partial charge is 0.244 e. The summed E-state index contributed by atoms with van der Waals surface area (Å²) in [6, 6.07) is 7.27. The molecule has 4 N–H and O–H groups in total. The topological polar surface area (TPSA) is 99.3 Å². The highest BCUT2D eigenvalue weighted by Gasteiger charge is 2.22. The van der Waals surface area contributed by atoms with E-state index in [4.69, 9.17) is 0 Å². The van der Waals surface area contributed by atoms with Crippen molar-refractivity contribution in [2.75, 3.05) is 36.5 Å². The van der Waals surface area contributed by atoms with Crippen LogP contribution in [0.25, 0.3) is 0 Å². The zero-order chi connectivity index (χ0) is 14.6. The van der Waals surface area contributed by atoms with Gasteiger partial charge in [0.15, 0.2) is 0 Å². The van der Waals surface area contributed by atoms with Gasteiger partial charge in [0, 0.05) is 19.6 Å². The first kappa shape index (κ1) is 14.6. The van der Waals surface area contributed by atoms with E-state index in [9.17, 15) is 13.2 Å². The van der Waals surface area contributed by atoms with Gasteiger partial charge in [0.2, 0.25) is 15.9 Å². The maximum Gasteiger partial charge on any atom is 0.244 e. The van der Waals surface area contributed by atoms with Crippen molar-refractivity contribution in [3.05, 3.63) is 24.3 Å². The summed E-state index contributed by atoms with van der Waals surface area (Å²) in [5, 5.41) is 9.00. The molecule has 0 bridgehead atoms. The van der Waals surface area contributed by atoms with E-state index < -0.39 is 10.0 Å². The molecule has 0 radical (unpaired) electrons. The number of benzene rings is 1. The average molecular weight is 298 g/mol. The third kappa shape index (κ3) is 4.10. The number of anilines is 2. The van der Waals surface area contributed by atoms with Crippen LogP contribution < -0.4 is 20.7 Å². The van der Waals surface area contributed by atoms with Crippen LogP contribution in [0, 0.1) is 0 Å². The number of amides is 1. The molecule has 0 saturated heterocycles. The number of para-hydroxylation sites is 2. The average Bonchev–Trinajstić information content (AvgIpc) is 2.42. The van der Waals surface area contributed by atoms with Gasteiger partial charge in [0.25, 0.3) is 0 Å². The predicted molar refractivity (Wildman–Crippen MR) is 78.2 cm³/mol. The lowest BCUT2D eigenvalue weighted by Crippen LogP contribution is -2.47. The van der Waals surface area contributed by atoms with Crippen LogP contribution in [-0.4, -0.2) is 46.3 Å². The van der Waals surface area contributed by atoms with Crippen molar-refractivity contribution >= 4 is 27.3 Å². The number of fused-ring (bicyclic) bond motifs is 1. The van der Waals surface area contributed by atoms with E-state index in [0.717, 1.165) is 17.6 Å². The molecule has 8 heteroatoms. The fourth-order valence-electron chi connectivity index (χ4n) is 1.92. The summed E-state index contributed by atoms with van der Waals surface area (Å²) in [7, 11) is -3.22. The number of sulfonamides is 1. The summed E-state index contributed by atoms with van der Waals surface area (Å²) in [4.78, 5) is 11.9. The number of nitrogens with one attached hydrogen (secondary N) is 4. The minimum atomic E-state index is -3.22. The van der Waals surface area contributed by atoms with E-state index in [0.29, 0.717) is 6.54 Å². The van der Waals surface area contributed by atoms with E-state index in [1.807, 2.05) is 24.3 Å². The molecular weight excluding hydrogens is 280 g/mol. The van der Waals surface area contributed by atoms with Crippen molar-refractivity contribution in [2.45, 2.75) is 6.04 Å². The Morgan fingerprint density at radius 1 is 1.30 bits per heavy atom. The van der Waals surface area contributed by atoms with Crippen molar-refractivity contribution < 1.29 is 13.2 Å². The Morgan fingerprint density at radius 3 is 2.70 bits per heavy atom. The molecule has 1 aliphatic heterocycles. The van der Waals surface area contributed by atoms with Gasteiger partial charge in [-0.1, -0.05) is 12.1 Å². The predicted octanol–water partition coefficient (Wildman–Crippen LogP) is -0.442. The summed E-state index contributed by atoms with van der Waals surface area (Å²) in [5.74, 6) is -0.165. The normalized spacial score (nSPS) is 17.6. The minimum Gasteiger partial charge on any atom is -0.381 e. The molecule has 1 atom stereocenters. The van der Waals surface area contributed by atoms with Crippen LogP contribution in [0.1, 0.15) is 0 Å². The molecule has 1 heterocycles. The fourth-order valence-corrected chi connectivity index (χ4v) is 2.39. The van der Waals surface area contributed by atoms with Crippen LogP contribution in [0.2, 0.25) is 0 Å². The molecule has 1 aromatic carbocycles. The standard InChI is InChI=1S/C12H18N4O3S/c1-20(18,19)15-7-6-13-12(17)11-8-14-9-4-2-3-5-10(9)16-11/h2-5,11,14-16H,6-8H2,1H3,(H,13,17). The monoisotopic (exact) mass is 298 g/mol. The maximum absolute atomic E-state index is 11.9. The number of hydrogen-bond acceptors (Lipinski definition) is 5. The van der Waals surface area contributed by atoms with Crippen molar-refractivity contribution in [3.63, 3.8) is 0 Å². The quantitative estimate of drug-likeness (QED) is 0.552. The van der Waals surface area contributed by atoms with Crippen LogP contribution in [0.3, 0.4) is 0 Å². The molecular formula is C12H18N4O3S. The highest BCUT2D eigenvalue weighted by Crippen LogP contribution is 2.24. The summed E-state index contributed by atoms with van der Waals surface area (Å²) < 4.78 is 24.1. The lowest BCUT2D eigenvalue weighted by atomic mass is 10.1. The second-order valence-corrected chi connectivity index (χ2v) is 6.41. The SMILES string of the molecule is CS(=O)(=O)NCCNC(=O)C1CNc2ccccc2N1. The maximum atomic E-state index is 11.9. The zero-order valence-corrected chi connectivity index (χ0v) is 12.0. The molecule has 110 valence electrons. The Hall–Kier alpha value is -1.80. The first-order valence-corrected chi connectivity index (χ1v) is 8.16. The summed E-state index contributed by atoms with van der Waals surface area (Å²) in [6.45, 7) is 0.926. The van der Waals surface area contributed by atoms with Gasteiger partial charge in [-0.3, -0.25) is 4.79 Å². The van der Waals surface area contributed by atoms with Gasteiger partial charge >= 0.3 is 0 Å². The largest absolute Gasteiger partial charge is 0.381 e. The Kier molecular flexibility index (Phi) is 4.46. The Labute approximate surface area is 118 Å².